The maximum Gasteiger partial charge on any atom is 0.308 e. The maximum absolute atomic E-state index is 11.5. The fourth-order valence-corrected chi connectivity index (χ4v) is 2.06. The van der Waals surface area contributed by atoms with E-state index >= 15 is 0 Å². The standard InChI is InChI=1S/C13H22O5/c1-4-7-16-12(15)9-11-8-10(5-6-14)17-13(2,3)18-11/h6,10-11H,4-5,7-9H2,1-3H3. The van der Waals surface area contributed by atoms with Gasteiger partial charge in [-0.3, -0.25) is 4.79 Å². The zero-order valence-electron chi connectivity index (χ0n) is 11.3. The molecule has 1 rings (SSSR count). The van der Waals surface area contributed by atoms with E-state index < -0.39 is 5.79 Å². The summed E-state index contributed by atoms with van der Waals surface area (Å²) in [4.78, 5) is 22.1. The lowest BCUT2D eigenvalue weighted by Crippen LogP contribution is -2.45. The molecule has 1 aliphatic heterocycles. The van der Waals surface area contributed by atoms with Crippen molar-refractivity contribution in [3.8, 4) is 0 Å². The van der Waals surface area contributed by atoms with Crippen LogP contribution in [0.1, 0.15) is 46.5 Å². The van der Waals surface area contributed by atoms with Crippen LogP contribution in [-0.2, 0) is 23.8 Å². The van der Waals surface area contributed by atoms with Crippen LogP contribution in [0.25, 0.3) is 0 Å². The average Bonchev–Trinajstić information content (AvgIpc) is 2.24. The molecule has 0 aromatic carbocycles. The van der Waals surface area contributed by atoms with Gasteiger partial charge in [-0.15, -0.1) is 0 Å². The van der Waals surface area contributed by atoms with Gasteiger partial charge in [-0.1, -0.05) is 6.92 Å². The lowest BCUT2D eigenvalue weighted by atomic mass is 10.0. The molecule has 5 heteroatoms. The highest BCUT2D eigenvalue weighted by atomic mass is 16.7. The molecule has 0 amide bonds. The van der Waals surface area contributed by atoms with E-state index in [1.807, 2.05) is 6.92 Å². The normalized spacial score (nSPS) is 26.6. The molecule has 0 saturated carbocycles. The molecule has 0 N–H and O–H groups in total. The first-order chi connectivity index (χ1) is 8.46. The summed E-state index contributed by atoms with van der Waals surface area (Å²) in [6.45, 7) is 5.95. The molecule has 0 aromatic rings. The van der Waals surface area contributed by atoms with Gasteiger partial charge >= 0.3 is 5.97 Å². The van der Waals surface area contributed by atoms with Gasteiger partial charge in [0.2, 0.25) is 0 Å². The Morgan fingerprint density at radius 3 is 2.67 bits per heavy atom. The van der Waals surface area contributed by atoms with Crippen LogP contribution in [0.2, 0.25) is 0 Å². The predicted octanol–water partition coefficient (Wildman–Crippen LogP) is 1.83. The summed E-state index contributed by atoms with van der Waals surface area (Å²) in [6.07, 6.45) is 2.29. The largest absolute Gasteiger partial charge is 0.466 e. The van der Waals surface area contributed by atoms with Crippen molar-refractivity contribution in [1.82, 2.24) is 0 Å². The third-order valence-corrected chi connectivity index (χ3v) is 2.65. The Bertz CT molecular complexity index is 287. The SMILES string of the molecule is CCCOC(=O)CC1CC(CC=O)OC(C)(C)O1. The predicted molar refractivity (Wildman–Crippen MR) is 65.0 cm³/mol. The molecule has 0 bridgehead atoms. The van der Waals surface area contributed by atoms with Gasteiger partial charge in [0.05, 0.1) is 25.2 Å². The second-order valence-electron chi connectivity index (χ2n) is 4.94. The first-order valence-electron chi connectivity index (χ1n) is 6.41. The average molecular weight is 258 g/mol. The molecule has 1 heterocycles. The molecule has 0 aliphatic carbocycles. The van der Waals surface area contributed by atoms with Crippen molar-refractivity contribution < 1.29 is 23.8 Å². The third kappa shape index (κ3) is 5.14. The molecule has 1 saturated heterocycles. The van der Waals surface area contributed by atoms with E-state index in [1.165, 1.54) is 0 Å². The maximum atomic E-state index is 11.5. The van der Waals surface area contributed by atoms with E-state index in [-0.39, 0.29) is 24.6 Å². The van der Waals surface area contributed by atoms with Gasteiger partial charge < -0.3 is 19.0 Å². The summed E-state index contributed by atoms with van der Waals surface area (Å²) < 4.78 is 16.3. The summed E-state index contributed by atoms with van der Waals surface area (Å²) in [5.41, 5.74) is 0. The number of hydrogen-bond donors (Lipinski definition) is 0. The number of rotatable bonds is 6. The molecular weight excluding hydrogens is 236 g/mol. The van der Waals surface area contributed by atoms with E-state index in [1.54, 1.807) is 13.8 Å². The number of esters is 1. The second-order valence-corrected chi connectivity index (χ2v) is 4.94. The number of ether oxygens (including phenoxy) is 3. The quantitative estimate of drug-likeness (QED) is 0.537. The zero-order valence-corrected chi connectivity index (χ0v) is 11.3. The van der Waals surface area contributed by atoms with Gasteiger partial charge in [-0.2, -0.15) is 0 Å². The Kier molecular flexibility index (Phi) is 5.75. The van der Waals surface area contributed by atoms with Gasteiger partial charge in [0.15, 0.2) is 5.79 Å². The van der Waals surface area contributed by atoms with Crippen LogP contribution in [0.4, 0.5) is 0 Å². The van der Waals surface area contributed by atoms with Crippen molar-refractivity contribution in [3.63, 3.8) is 0 Å². The fraction of sp³-hybridized carbons (Fsp3) is 0.846. The molecular formula is C13H22O5. The number of carbonyl (C=O) groups is 2. The highest BCUT2D eigenvalue weighted by molar-refractivity contribution is 5.70. The van der Waals surface area contributed by atoms with E-state index in [0.717, 1.165) is 12.7 Å². The highest BCUT2D eigenvalue weighted by Crippen LogP contribution is 2.29. The molecule has 2 unspecified atom stereocenters. The van der Waals surface area contributed by atoms with Crippen LogP contribution < -0.4 is 0 Å². The van der Waals surface area contributed by atoms with E-state index in [0.29, 0.717) is 19.4 Å². The second kappa shape index (κ2) is 6.85. The molecule has 0 aromatic heterocycles. The number of hydrogen-bond acceptors (Lipinski definition) is 5. The zero-order chi connectivity index (χ0) is 13.6. The van der Waals surface area contributed by atoms with Crippen LogP contribution in [-0.4, -0.2) is 36.9 Å². The van der Waals surface area contributed by atoms with E-state index in [2.05, 4.69) is 0 Å². The summed E-state index contributed by atoms with van der Waals surface area (Å²) in [5.74, 6) is -1.02. The lowest BCUT2D eigenvalue weighted by Gasteiger charge is -2.40. The minimum Gasteiger partial charge on any atom is -0.466 e. The Labute approximate surface area is 108 Å². The monoisotopic (exact) mass is 258 g/mol. The van der Waals surface area contributed by atoms with Gasteiger partial charge in [-0.05, 0) is 20.3 Å². The Balaban J connectivity index is 2.48. The smallest absolute Gasteiger partial charge is 0.308 e. The van der Waals surface area contributed by atoms with Crippen LogP contribution in [0, 0.1) is 0 Å². The minimum absolute atomic E-state index is 0.185. The Morgan fingerprint density at radius 1 is 1.39 bits per heavy atom. The van der Waals surface area contributed by atoms with Crippen molar-refractivity contribution in [2.75, 3.05) is 6.61 Å². The van der Waals surface area contributed by atoms with Gasteiger partial charge in [-0.25, -0.2) is 0 Å². The van der Waals surface area contributed by atoms with Crippen LogP contribution in [0.15, 0.2) is 0 Å². The summed E-state index contributed by atoms with van der Waals surface area (Å²) >= 11 is 0. The molecule has 1 fully saturated rings. The van der Waals surface area contributed by atoms with Crippen LogP contribution in [0.5, 0.6) is 0 Å². The Morgan fingerprint density at radius 2 is 2.06 bits per heavy atom. The molecule has 2 atom stereocenters. The fourth-order valence-electron chi connectivity index (χ4n) is 2.06. The Hall–Kier alpha value is -0.940. The highest BCUT2D eigenvalue weighted by Gasteiger charge is 2.36. The minimum atomic E-state index is -0.762. The van der Waals surface area contributed by atoms with Crippen molar-refractivity contribution in [2.24, 2.45) is 0 Å². The first kappa shape index (κ1) is 15.1. The lowest BCUT2D eigenvalue weighted by molar-refractivity contribution is -0.298. The number of aldehydes is 1. The summed E-state index contributed by atoms with van der Waals surface area (Å²) in [7, 11) is 0. The molecule has 0 radical (unpaired) electrons. The third-order valence-electron chi connectivity index (χ3n) is 2.65. The summed E-state index contributed by atoms with van der Waals surface area (Å²) in [5, 5.41) is 0. The molecule has 5 nitrogen and oxygen atoms in total. The molecule has 18 heavy (non-hydrogen) atoms. The van der Waals surface area contributed by atoms with Gasteiger partial charge in [0, 0.05) is 12.8 Å². The van der Waals surface area contributed by atoms with Gasteiger partial charge in [0.1, 0.15) is 6.29 Å². The summed E-state index contributed by atoms with van der Waals surface area (Å²) in [6, 6.07) is 0. The van der Waals surface area contributed by atoms with Crippen molar-refractivity contribution >= 4 is 12.3 Å². The van der Waals surface area contributed by atoms with E-state index in [9.17, 15) is 9.59 Å². The topological polar surface area (TPSA) is 61.8 Å². The van der Waals surface area contributed by atoms with Crippen LogP contribution in [0.3, 0.4) is 0 Å². The van der Waals surface area contributed by atoms with Crippen LogP contribution >= 0.6 is 0 Å². The molecule has 0 spiro atoms. The van der Waals surface area contributed by atoms with Crippen molar-refractivity contribution in [1.29, 1.82) is 0 Å². The van der Waals surface area contributed by atoms with Crippen molar-refractivity contribution in [3.05, 3.63) is 0 Å². The first-order valence-corrected chi connectivity index (χ1v) is 6.41. The number of carbonyl (C=O) groups excluding carboxylic acids is 2. The van der Waals surface area contributed by atoms with E-state index in [4.69, 9.17) is 14.2 Å². The van der Waals surface area contributed by atoms with Crippen molar-refractivity contribution in [2.45, 2.75) is 64.4 Å². The van der Waals surface area contributed by atoms with Gasteiger partial charge in [0.25, 0.3) is 0 Å². The molecule has 1 aliphatic rings. The molecule has 104 valence electrons.